The Balaban J connectivity index is 2.21. The second-order valence-electron chi connectivity index (χ2n) is 5.98. The summed E-state index contributed by atoms with van der Waals surface area (Å²) in [7, 11) is 1.64. The molecule has 0 radical (unpaired) electrons. The number of nitrogens with zero attached hydrogens (tertiary/aromatic N) is 1. The zero-order valence-corrected chi connectivity index (χ0v) is 15.0. The van der Waals surface area contributed by atoms with E-state index in [9.17, 15) is 4.79 Å². The van der Waals surface area contributed by atoms with Gasteiger partial charge in [-0.05, 0) is 24.1 Å². The maximum Gasteiger partial charge on any atom is 0.272 e. The maximum absolute atomic E-state index is 12.6. The molecule has 26 heavy (non-hydrogen) atoms. The lowest BCUT2D eigenvalue weighted by atomic mass is 9.96. The van der Waals surface area contributed by atoms with Gasteiger partial charge in [0.15, 0.2) is 0 Å². The van der Waals surface area contributed by atoms with Gasteiger partial charge in [-0.1, -0.05) is 68.0 Å². The Bertz CT molecular complexity index is 959. The second kappa shape index (κ2) is 8.30. The van der Waals surface area contributed by atoms with Crippen molar-refractivity contribution in [3.63, 3.8) is 0 Å². The smallest absolute Gasteiger partial charge is 0.272 e. The summed E-state index contributed by atoms with van der Waals surface area (Å²) in [6.45, 7) is 2.10. The van der Waals surface area contributed by atoms with Gasteiger partial charge < -0.3 is 4.74 Å². The van der Waals surface area contributed by atoms with E-state index in [1.165, 1.54) is 0 Å². The standard InChI is InChI=1S/C22H22N2O2/c1-3-9-19-21(17-12-7-8-13-20(17)26-2)18(22(25)24-23-19)15-14-16-10-5-4-6-11-16/h4-8,10-15H,3,9H2,1-2H3,(H,24,25)/b15-14+. The Labute approximate surface area is 153 Å². The van der Waals surface area contributed by atoms with Gasteiger partial charge in [0.05, 0.1) is 18.4 Å². The Kier molecular flexibility index (Phi) is 5.64. The molecule has 0 saturated carbocycles. The number of ether oxygens (including phenoxy) is 1. The number of benzene rings is 2. The maximum atomic E-state index is 12.6. The third-order valence-electron chi connectivity index (χ3n) is 4.20. The molecule has 0 fully saturated rings. The Morgan fingerprint density at radius 1 is 1.04 bits per heavy atom. The van der Waals surface area contributed by atoms with Crippen LogP contribution >= 0.6 is 0 Å². The molecule has 0 atom stereocenters. The first-order valence-corrected chi connectivity index (χ1v) is 8.72. The van der Waals surface area contributed by atoms with Gasteiger partial charge in [0.2, 0.25) is 0 Å². The summed E-state index contributed by atoms with van der Waals surface area (Å²) in [5.74, 6) is 0.728. The molecule has 1 N–H and O–H groups in total. The number of aromatic amines is 1. The number of para-hydroxylation sites is 1. The molecule has 0 bridgehead atoms. The largest absolute Gasteiger partial charge is 0.496 e. The van der Waals surface area contributed by atoms with Crippen molar-refractivity contribution >= 4 is 12.2 Å². The van der Waals surface area contributed by atoms with Crippen molar-refractivity contribution in [2.24, 2.45) is 0 Å². The molecule has 4 heteroatoms. The van der Waals surface area contributed by atoms with Crippen LogP contribution in [0.1, 0.15) is 30.2 Å². The highest BCUT2D eigenvalue weighted by Gasteiger charge is 2.17. The molecule has 1 heterocycles. The predicted molar refractivity (Wildman–Crippen MR) is 106 cm³/mol. The van der Waals surface area contributed by atoms with E-state index in [0.717, 1.165) is 41.0 Å². The van der Waals surface area contributed by atoms with Crippen molar-refractivity contribution in [2.45, 2.75) is 19.8 Å². The van der Waals surface area contributed by atoms with Crippen LogP contribution < -0.4 is 10.3 Å². The van der Waals surface area contributed by atoms with Crippen LogP contribution in [0.25, 0.3) is 23.3 Å². The van der Waals surface area contributed by atoms with Crippen molar-refractivity contribution in [1.29, 1.82) is 0 Å². The molecule has 0 aliphatic heterocycles. The number of H-pyrrole nitrogens is 1. The summed E-state index contributed by atoms with van der Waals surface area (Å²) in [6.07, 6.45) is 5.51. The van der Waals surface area contributed by atoms with E-state index >= 15 is 0 Å². The summed E-state index contributed by atoms with van der Waals surface area (Å²) < 4.78 is 5.53. The lowest BCUT2D eigenvalue weighted by Gasteiger charge is -2.14. The van der Waals surface area contributed by atoms with Crippen molar-refractivity contribution in [3.8, 4) is 16.9 Å². The molecule has 0 unspecified atom stereocenters. The van der Waals surface area contributed by atoms with Crippen LogP contribution in [-0.4, -0.2) is 17.3 Å². The normalized spacial score (nSPS) is 11.0. The van der Waals surface area contributed by atoms with Gasteiger partial charge >= 0.3 is 0 Å². The minimum absolute atomic E-state index is 0.210. The van der Waals surface area contributed by atoms with Gasteiger partial charge in [0.25, 0.3) is 5.56 Å². The fourth-order valence-electron chi connectivity index (χ4n) is 2.98. The van der Waals surface area contributed by atoms with Crippen molar-refractivity contribution in [2.75, 3.05) is 7.11 Å². The Morgan fingerprint density at radius 3 is 2.50 bits per heavy atom. The highest BCUT2D eigenvalue weighted by Crippen LogP contribution is 2.34. The molecule has 4 nitrogen and oxygen atoms in total. The van der Waals surface area contributed by atoms with Gasteiger partial charge in [-0.15, -0.1) is 0 Å². The van der Waals surface area contributed by atoms with Crippen LogP contribution in [0.3, 0.4) is 0 Å². The first-order chi connectivity index (χ1) is 12.7. The minimum atomic E-state index is -0.210. The number of methoxy groups -OCH3 is 1. The molecular formula is C22H22N2O2. The number of hydrogen-bond donors (Lipinski definition) is 1. The van der Waals surface area contributed by atoms with E-state index in [0.29, 0.717) is 5.56 Å². The lowest BCUT2D eigenvalue weighted by molar-refractivity contribution is 0.416. The van der Waals surface area contributed by atoms with Crippen LogP contribution in [0.4, 0.5) is 0 Å². The van der Waals surface area contributed by atoms with Crippen LogP contribution in [0.5, 0.6) is 5.75 Å². The first kappa shape index (κ1) is 17.7. The quantitative estimate of drug-likeness (QED) is 0.711. The third-order valence-corrected chi connectivity index (χ3v) is 4.20. The molecule has 0 amide bonds. The number of aromatic nitrogens is 2. The number of rotatable bonds is 6. The van der Waals surface area contributed by atoms with E-state index in [2.05, 4.69) is 17.1 Å². The van der Waals surface area contributed by atoms with Crippen LogP contribution in [-0.2, 0) is 6.42 Å². The fraction of sp³-hybridized carbons (Fsp3) is 0.182. The Hall–Kier alpha value is -3.14. The molecule has 0 aliphatic rings. The van der Waals surface area contributed by atoms with Gasteiger partial charge in [-0.25, -0.2) is 5.10 Å². The summed E-state index contributed by atoms with van der Waals surface area (Å²) >= 11 is 0. The highest BCUT2D eigenvalue weighted by atomic mass is 16.5. The van der Waals surface area contributed by atoms with Crippen molar-refractivity contribution in [1.82, 2.24) is 10.2 Å². The van der Waals surface area contributed by atoms with E-state index in [1.807, 2.05) is 66.7 Å². The molecule has 3 rings (SSSR count). The van der Waals surface area contributed by atoms with E-state index in [1.54, 1.807) is 7.11 Å². The molecule has 0 spiro atoms. The first-order valence-electron chi connectivity index (χ1n) is 8.72. The topological polar surface area (TPSA) is 55.0 Å². The molecule has 132 valence electrons. The average Bonchev–Trinajstić information content (AvgIpc) is 2.69. The zero-order chi connectivity index (χ0) is 18.4. The SMILES string of the molecule is CCCc1n[nH]c(=O)c(/C=C/c2ccccc2)c1-c1ccccc1OC. The lowest BCUT2D eigenvalue weighted by Crippen LogP contribution is -2.16. The van der Waals surface area contributed by atoms with E-state index < -0.39 is 0 Å². The minimum Gasteiger partial charge on any atom is -0.496 e. The number of nitrogens with one attached hydrogen (secondary N) is 1. The third kappa shape index (κ3) is 3.75. The van der Waals surface area contributed by atoms with Crippen molar-refractivity contribution < 1.29 is 4.74 Å². The highest BCUT2D eigenvalue weighted by molar-refractivity contribution is 5.84. The molecule has 0 saturated heterocycles. The Morgan fingerprint density at radius 2 is 1.77 bits per heavy atom. The van der Waals surface area contributed by atoms with Gasteiger partial charge in [0, 0.05) is 11.1 Å². The molecule has 2 aromatic carbocycles. The molecule has 1 aromatic heterocycles. The fourth-order valence-corrected chi connectivity index (χ4v) is 2.98. The van der Waals surface area contributed by atoms with Crippen LogP contribution in [0.2, 0.25) is 0 Å². The molecule has 3 aromatic rings. The van der Waals surface area contributed by atoms with E-state index in [-0.39, 0.29) is 5.56 Å². The number of hydrogen-bond acceptors (Lipinski definition) is 3. The molecular weight excluding hydrogens is 324 g/mol. The summed E-state index contributed by atoms with van der Waals surface area (Å²) in [5.41, 5.74) is 4.00. The van der Waals surface area contributed by atoms with Gasteiger partial charge in [-0.2, -0.15) is 5.10 Å². The molecule has 0 aliphatic carbocycles. The zero-order valence-electron chi connectivity index (χ0n) is 15.0. The van der Waals surface area contributed by atoms with Crippen LogP contribution in [0.15, 0.2) is 59.4 Å². The summed E-state index contributed by atoms with van der Waals surface area (Å²) in [4.78, 5) is 12.6. The monoisotopic (exact) mass is 346 g/mol. The predicted octanol–water partition coefficient (Wildman–Crippen LogP) is 4.57. The average molecular weight is 346 g/mol. The summed E-state index contributed by atoms with van der Waals surface area (Å²) in [5, 5.41) is 6.95. The van der Waals surface area contributed by atoms with Crippen LogP contribution in [0, 0.1) is 0 Å². The number of aryl methyl sites for hydroxylation is 1. The van der Waals surface area contributed by atoms with E-state index in [4.69, 9.17) is 4.74 Å². The second-order valence-corrected chi connectivity index (χ2v) is 5.98. The summed E-state index contributed by atoms with van der Waals surface area (Å²) in [6, 6.07) is 17.6. The van der Waals surface area contributed by atoms with Gasteiger partial charge in [-0.3, -0.25) is 4.79 Å². The van der Waals surface area contributed by atoms with Gasteiger partial charge in [0.1, 0.15) is 5.75 Å². The van der Waals surface area contributed by atoms with Crippen molar-refractivity contribution in [3.05, 3.63) is 81.8 Å².